The fourth-order valence-corrected chi connectivity index (χ4v) is 2.51. The molecule has 0 amide bonds. The van der Waals surface area contributed by atoms with Gasteiger partial charge in [-0.25, -0.2) is 4.39 Å². The van der Waals surface area contributed by atoms with Crippen molar-refractivity contribution >= 4 is 11.6 Å². The van der Waals surface area contributed by atoms with Crippen molar-refractivity contribution in [3.8, 4) is 11.5 Å². The monoisotopic (exact) mass is 337 g/mol. The average Bonchev–Trinajstić information content (AvgIpc) is 2.57. The molecule has 2 aromatic rings. The molecule has 2 aromatic carbocycles. The fourth-order valence-electron chi connectivity index (χ4n) is 2.39. The highest BCUT2D eigenvalue weighted by molar-refractivity contribution is 6.30. The van der Waals surface area contributed by atoms with E-state index in [9.17, 15) is 9.50 Å². The second-order valence-electron chi connectivity index (χ2n) is 5.30. The Morgan fingerprint density at radius 2 is 1.91 bits per heavy atom. The molecule has 0 aromatic heterocycles. The first-order chi connectivity index (χ1) is 11.1. The van der Waals surface area contributed by atoms with Crippen molar-refractivity contribution in [1.82, 2.24) is 5.32 Å². The molecule has 1 aliphatic heterocycles. The molecule has 1 aliphatic rings. The summed E-state index contributed by atoms with van der Waals surface area (Å²) in [6, 6.07) is 10.0. The first-order valence-electron chi connectivity index (χ1n) is 7.36. The summed E-state index contributed by atoms with van der Waals surface area (Å²) in [6.07, 6.45) is -0.807. The zero-order valence-corrected chi connectivity index (χ0v) is 13.1. The molecule has 0 radical (unpaired) electrons. The number of fused-ring (bicyclic) bond motifs is 1. The molecule has 0 aliphatic carbocycles. The summed E-state index contributed by atoms with van der Waals surface area (Å²) in [6.45, 7) is 1.97. The topological polar surface area (TPSA) is 50.7 Å². The Morgan fingerprint density at radius 1 is 1.13 bits per heavy atom. The van der Waals surface area contributed by atoms with Crippen molar-refractivity contribution in [2.45, 2.75) is 12.6 Å². The van der Waals surface area contributed by atoms with E-state index in [0.717, 1.165) is 17.1 Å². The van der Waals surface area contributed by atoms with Crippen LogP contribution in [-0.4, -0.2) is 24.9 Å². The molecule has 4 nitrogen and oxygen atoms in total. The van der Waals surface area contributed by atoms with E-state index in [4.69, 9.17) is 21.1 Å². The molecular formula is C17H17ClFNO3. The van der Waals surface area contributed by atoms with Gasteiger partial charge in [-0.15, -0.1) is 0 Å². The maximum atomic E-state index is 13.4. The van der Waals surface area contributed by atoms with Crippen LogP contribution in [0.5, 0.6) is 11.5 Å². The highest BCUT2D eigenvalue weighted by atomic mass is 35.5. The number of aliphatic hydroxyl groups excluding tert-OH is 1. The van der Waals surface area contributed by atoms with Crippen LogP contribution in [-0.2, 0) is 6.54 Å². The lowest BCUT2D eigenvalue weighted by Gasteiger charge is -2.19. The van der Waals surface area contributed by atoms with Gasteiger partial charge in [0.2, 0.25) is 0 Å². The number of aliphatic hydroxyl groups is 1. The number of hydrogen-bond acceptors (Lipinski definition) is 4. The van der Waals surface area contributed by atoms with Gasteiger partial charge < -0.3 is 19.9 Å². The van der Waals surface area contributed by atoms with Gasteiger partial charge in [0.25, 0.3) is 0 Å². The SMILES string of the molecule is OC(CNCc1ccc2c(c1)OCCO2)c1ccc(Cl)c(F)c1. The Hall–Kier alpha value is -1.82. The van der Waals surface area contributed by atoms with Crippen LogP contribution in [0, 0.1) is 5.82 Å². The molecule has 1 atom stereocenters. The van der Waals surface area contributed by atoms with Gasteiger partial charge in [0.15, 0.2) is 11.5 Å². The lowest BCUT2D eigenvalue weighted by atomic mass is 10.1. The Kier molecular flexibility index (Phi) is 5.00. The molecule has 6 heteroatoms. The minimum absolute atomic E-state index is 0.0465. The third-order valence-corrected chi connectivity index (χ3v) is 3.91. The molecular weight excluding hydrogens is 321 g/mol. The van der Waals surface area contributed by atoms with Gasteiger partial charge in [0, 0.05) is 13.1 Å². The third-order valence-electron chi connectivity index (χ3n) is 3.60. The summed E-state index contributed by atoms with van der Waals surface area (Å²) in [4.78, 5) is 0. The largest absolute Gasteiger partial charge is 0.486 e. The molecule has 1 unspecified atom stereocenters. The number of hydrogen-bond donors (Lipinski definition) is 2. The minimum atomic E-state index is -0.807. The van der Waals surface area contributed by atoms with Crippen LogP contribution in [0.2, 0.25) is 5.02 Å². The van der Waals surface area contributed by atoms with E-state index < -0.39 is 11.9 Å². The molecule has 0 saturated heterocycles. The summed E-state index contributed by atoms with van der Waals surface area (Å²) < 4.78 is 24.4. The van der Waals surface area contributed by atoms with Gasteiger partial charge in [0.1, 0.15) is 19.0 Å². The molecule has 0 bridgehead atoms. The van der Waals surface area contributed by atoms with Gasteiger partial charge in [-0.1, -0.05) is 23.7 Å². The van der Waals surface area contributed by atoms with E-state index in [1.807, 2.05) is 18.2 Å². The molecule has 23 heavy (non-hydrogen) atoms. The van der Waals surface area contributed by atoms with Crippen molar-refractivity contribution in [1.29, 1.82) is 0 Å². The van der Waals surface area contributed by atoms with Crippen LogP contribution in [0.4, 0.5) is 4.39 Å². The van der Waals surface area contributed by atoms with Crippen LogP contribution in [0.3, 0.4) is 0 Å². The summed E-state index contributed by atoms with van der Waals surface area (Å²) in [5.41, 5.74) is 1.50. The zero-order chi connectivity index (χ0) is 16.2. The van der Waals surface area contributed by atoms with Gasteiger partial charge >= 0.3 is 0 Å². The normalized spacial score (nSPS) is 14.6. The molecule has 0 fully saturated rings. The molecule has 0 saturated carbocycles. The second kappa shape index (κ2) is 7.17. The lowest BCUT2D eigenvalue weighted by Crippen LogP contribution is -2.21. The maximum absolute atomic E-state index is 13.4. The first kappa shape index (κ1) is 16.1. The predicted octanol–water partition coefficient (Wildman–Crippen LogP) is 3.07. The number of halogens is 2. The van der Waals surface area contributed by atoms with E-state index >= 15 is 0 Å². The van der Waals surface area contributed by atoms with E-state index in [2.05, 4.69) is 5.32 Å². The zero-order valence-electron chi connectivity index (χ0n) is 12.4. The van der Waals surface area contributed by atoms with E-state index in [0.29, 0.717) is 31.9 Å². The van der Waals surface area contributed by atoms with Crippen LogP contribution in [0.15, 0.2) is 36.4 Å². The highest BCUT2D eigenvalue weighted by Gasteiger charge is 2.13. The number of rotatable bonds is 5. The molecule has 1 heterocycles. The predicted molar refractivity (Wildman–Crippen MR) is 85.5 cm³/mol. The second-order valence-corrected chi connectivity index (χ2v) is 5.71. The quantitative estimate of drug-likeness (QED) is 0.880. The van der Waals surface area contributed by atoms with Crippen LogP contribution < -0.4 is 14.8 Å². The molecule has 2 N–H and O–H groups in total. The van der Waals surface area contributed by atoms with Gasteiger partial charge in [-0.05, 0) is 35.4 Å². The Labute approximate surface area is 138 Å². The number of nitrogens with one attached hydrogen (secondary N) is 1. The summed E-state index contributed by atoms with van der Waals surface area (Å²) in [5.74, 6) is 0.947. The molecule has 3 rings (SSSR count). The van der Waals surface area contributed by atoms with Gasteiger partial charge in [-0.3, -0.25) is 0 Å². The average molecular weight is 338 g/mol. The Morgan fingerprint density at radius 3 is 2.70 bits per heavy atom. The van der Waals surface area contributed by atoms with E-state index in [-0.39, 0.29) is 5.02 Å². The number of benzene rings is 2. The van der Waals surface area contributed by atoms with Crippen molar-refractivity contribution in [2.75, 3.05) is 19.8 Å². The van der Waals surface area contributed by atoms with Crippen molar-refractivity contribution < 1.29 is 19.0 Å². The summed E-state index contributed by atoms with van der Waals surface area (Å²) >= 11 is 5.63. The number of ether oxygens (including phenoxy) is 2. The third kappa shape index (κ3) is 3.93. The molecule has 0 spiro atoms. The van der Waals surface area contributed by atoms with Crippen LogP contribution >= 0.6 is 11.6 Å². The van der Waals surface area contributed by atoms with E-state index in [1.165, 1.54) is 12.1 Å². The maximum Gasteiger partial charge on any atom is 0.161 e. The lowest BCUT2D eigenvalue weighted by molar-refractivity contribution is 0.170. The Bertz CT molecular complexity index is 696. The van der Waals surface area contributed by atoms with Gasteiger partial charge in [-0.2, -0.15) is 0 Å². The summed E-state index contributed by atoms with van der Waals surface area (Å²) in [7, 11) is 0. The van der Waals surface area contributed by atoms with Gasteiger partial charge in [0.05, 0.1) is 11.1 Å². The Balaban J connectivity index is 1.55. The molecule has 122 valence electrons. The van der Waals surface area contributed by atoms with Crippen molar-refractivity contribution in [3.05, 3.63) is 58.4 Å². The van der Waals surface area contributed by atoms with Crippen molar-refractivity contribution in [2.24, 2.45) is 0 Å². The van der Waals surface area contributed by atoms with Crippen molar-refractivity contribution in [3.63, 3.8) is 0 Å². The summed E-state index contributed by atoms with van der Waals surface area (Å²) in [5, 5.41) is 13.3. The standard InChI is InChI=1S/C17H17ClFNO3/c18-13-3-2-12(8-14(13)19)15(21)10-20-9-11-1-4-16-17(7-11)23-6-5-22-16/h1-4,7-8,15,20-21H,5-6,9-10H2. The fraction of sp³-hybridized carbons (Fsp3) is 0.294. The smallest absolute Gasteiger partial charge is 0.161 e. The minimum Gasteiger partial charge on any atom is -0.486 e. The first-order valence-corrected chi connectivity index (χ1v) is 7.73. The van der Waals surface area contributed by atoms with E-state index in [1.54, 1.807) is 6.07 Å². The highest BCUT2D eigenvalue weighted by Crippen LogP contribution is 2.30. The van der Waals surface area contributed by atoms with Crippen LogP contribution in [0.1, 0.15) is 17.2 Å². The van der Waals surface area contributed by atoms with Crippen LogP contribution in [0.25, 0.3) is 0 Å².